The van der Waals surface area contributed by atoms with Crippen LogP contribution in [0, 0.1) is 17.8 Å². The lowest BCUT2D eigenvalue weighted by Crippen LogP contribution is -2.18. The van der Waals surface area contributed by atoms with Gasteiger partial charge in [-0.25, -0.2) is 0 Å². The summed E-state index contributed by atoms with van der Waals surface area (Å²) in [4.78, 5) is 2.46. The standard InChI is InChI=1S/C8H15N/c1-3-6-7-4-9(2)5-8(6)7/h6-8H,3-5H2,1-2H3/t6?,7-,8+. The predicted octanol–water partition coefficient (Wildman–Crippen LogP) is 1.20. The van der Waals surface area contributed by atoms with Crippen LogP contribution in [-0.4, -0.2) is 25.0 Å². The van der Waals surface area contributed by atoms with Crippen molar-refractivity contribution in [2.24, 2.45) is 17.8 Å². The molecule has 0 aromatic heterocycles. The molecule has 1 unspecified atom stereocenters. The van der Waals surface area contributed by atoms with Gasteiger partial charge in [-0.15, -0.1) is 0 Å². The van der Waals surface area contributed by atoms with Gasteiger partial charge in [0.15, 0.2) is 0 Å². The number of hydrogen-bond donors (Lipinski definition) is 0. The summed E-state index contributed by atoms with van der Waals surface area (Å²) in [5, 5.41) is 0. The topological polar surface area (TPSA) is 3.24 Å². The molecular formula is C8H15N. The predicted molar refractivity (Wildman–Crippen MR) is 38.3 cm³/mol. The molecule has 0 N–H and O–H groups in total. The van der Waals surface area contributed by atoms with Crippen molar-refractivity contribution in [3.8, 4) is 0 Å². The quantitative estimate of drug-likeness (QED) is 0.509. The fraction of sp³-hybridized carbons (Fsp3) is 1.00. The third kappa shape index (κ3) is 0.710. The highest BCUT2D eigenvalue weighted by molar-refractivity contribution is 5.03. The van der Waals surface area contributed by atoms with Crippen LogP contribution in [0.3, 0.4) is 0 Å². The highest BCUT2D eigenvalue weighted by Crippen LogP contribution is 2.52. The minimum atomic E-state index is 1.10. The Hall–Kier alpha value is -0.0400. The Morgan fingerprint density at radius 3 is 2.33 bits per heavy atom. The highest BCUT2D eigenvalue weighted by atomic mass is 15.2. The van der Waals surface area contributed by atoms with E-state index in [0.717, 1.165) is 17.8 Å². The molecule has 0 bridgehead atoms. The molecule has 1 aliphatic carbocycles. The van der Waals surface area contributed by atoms with E-state index in [1.807, 2.05) is 0 Å². The van der Waals surface area contributed by atoms with Gasteiger partial charge in [-0.1, -0.05) is 13.3 Å². The number of likely N-dealkylation sites (tertiary alicyclic amines) is 1. The maximum absolute atomic E-state index is 2.46. The van der Waals surface area contributed by atoms with Crippen LogP contribution in [0.15, 0.2) is 0 Å². The van der Waals surface area contributed by atoms with Gasteiger partial charge in [0.2, 0.25) is 0 Å². The summed E-state index contributed by atoms with van der Waals surface area (Å²) in [5.41, 5.74) is 0. The molecule has 1 heteroatoms. The van der Waals surface area contributed by atoms with Crippen LogP contribution in [0.1, 0.15) is 13.3 Å². The summed E-state index contributed by atoms with van der Waals surface area (Å²) < 4.78 is 0. The summed E-state index contributed by atoms with van der Waals surface area (Å²) in [5.74, 6) is 3.31. The van der Waals surface area contributed by atoms with E-state index < -0.39 is 0 Å². The third-order valence-electron chi connectivity index (χ3n) is 3.03. The number of rotatable bonds is 1. The summed E-state index contributed by atoms with van der Waals surface area (Å²) >= 11 is 0. The zero-order valence-electron chi connectivity index (χ0n) is 6.30. The molecule has 1 nitrogen and oxygen atoms in total. The Kier molecular flexibility index (Phi) is 1.10. The van der Waals surface area contributed by atoms with E-state index in [0.29, 0.717) is 0 Å². The van der Waals surface area contributed by atoms with Crippen molar-refractivity contribution >= 4 is 0 Å². The van der Waals surface area contributed by atoms with Gasteiger partial charge in [0.1, 0.15) is 0 Å². The maximum atomic E-state index is 2.46. The van der Waals surface area contributed by atoms with Gasteiger partial charge in [0.25, 0.3) is 0 Å². The number of hydrogen-bond acceptors (Lipinski definition) is 1. The summed E-state index contributed by atoms with van der Waals surface area (Å²) in [6.45, 7) is 5.08. The second-order valence-electron chi connectivity index (χ2n) is 3.62. The van der Waals surface area contributed by atoms with Gasteiger partial charge in [-0.05, 0) is 24.8 Å². The molecule has 2 rings (SSSR count). The van der Waals surface area contributed by atoms with E-state index in [2.05, 4.69) is 18.9 Å². The molecule has 3 atom stereocenters. The van der Waals surface area contributed by atoms with E-state index in [1.165, 1.54) is 19.5 Å². The van der Waals surface area contributed by atoms with Crippen LogP contribution in [0.25, 0.3) is 0 Å². The molecule has 0 radical (unpaired) electrons. The Labute approximate surface area is 57.0 Å². The van der Waals surface area contributed by atoms with Crippen molar-refractivity contribution in [3.63, 3.8) is 0 Å². The third-order valence-corrected chi connectivity index (χ3v) is 3.03. The van der Waals surface area contributed by atoms with E-state index >= 15 is 0 Å². The van der Waals surface area contributed by atoms with Crippen LogP contribution in [-0.2, 0) is 0 Å². The van der Waals surface area contributed by atoms with Crippen LogP contribution >= 0.6 is 0 Å². The van der Waals surface area contributed by atoms with Crippen molar-refractivity contribution in [1.29, 1.82) is 0 Å². The number of piperidine rings is 1. The van der Waals surface area contributed by atoms with Gasteiger partial charge in [0, 0.05) is 13.1 Å². The lowest BCUT2D eigenvalue weighted by Gasteiger charge is -2.10. The van der Waals surface area contributed by atoms with Crippen molar-refractivity contribution in [2.75, 3.05) is 20.1 Å². The SMILES string of the molecule is CCC1[C@H]2CN(C)C[C@@H]12. The van der Waals surface area contributed by atoms with Gasteiger partial charge in [-0.2, -0.15) is 0 Å². The molecule has 0 aromatic rings. The molecule has 1 saturated carbocycles. The van der Waals surface area contributed by atoms with Crippen molar-refractivity contribution < 1.29 is 0 Å². The normalized spacial score (nSPS) is 49.3. The molecule has 0 amide bonds. The first-order chi connectivity index (χ1) is 4.33. The summed E-state index contributed by atoms with van der Waals surface area (Å²) in [6, 6.07) is 0. The lowest BCUT2D eigenvalue weighted by molar-refractivity contribution is 0.342. The van der Waals surface area contributed by atoms with E-state index in [4.69, 9.17) is 0 Å². The fourth-order valence-corrected chi connectivity index (χ4v) is 2.47. The van der Waals surface area contributed by atoms with E-state index in [-0.39, 0.29) is 0 Å². The Balaban J connectivity index is 1.91. The van der Waals surface area contributed by atoms with Gasteiger partial charge >= 0.3 is 0 Å². The Bertz CT molecular complexity index is 110. The molecule has 9 heavy (non-hydrogen) atoms. The highest BCUT2D eigenvalue weighted by Gasteiger charge is 2.53. The molecular weight excluding hydrogens is 110 g/mol. The zero-order chi connectivity index (χ0) is 6.43. The molecule has 0 aromatic carbocycles. The largest absolute Gasteiger partial charge is 0.306 e. The van der Waals surface area contributed by atoms with Crippen LogP contribution in [0.4, 0.5) is 0 Å². The van der Waals surface area contributed by atoms with Gasteiger partial charge in [0.05, 0.1) is 0 Å². The number of fused-ring (bicyclic) bond motifs is 1. The average Bonchev–Trinajstić information content (AvgIpc) is 2.30. The molecule has 1 heterocycles. The average molecular weight is 125 g/mol. The Morgan fingerprint density at radius 2 is 1.89 bits per heavy atom. The lowest BCUT2D eigenvalue weighted by atomic mass is 10.2. The zero-order valence-corrected chi connectivity index (χ0v) is 6.30. The van der Waals surface area contributed by atoms with Crippen molar-refractivity contribution in [2.45, 2.75) is 13.3 Å². The first-order valence-corrected chi connectivity index (χ1v) is 4.01. The Morgan fingerprint density at radius 1 is 1.33 bits per heavy atom. The smallest absolute Gasteiger partial charge is 0.00127 e. The monoisotopic (exact) mass is 125 g/mol. The fourth-order valence-electron chi connectivity index (χ4n) is 2.47. The maximum Gasteiger partial charge on any atom is 0.00127 e. The van der Waals surface area contributed by atoms with E-state index in [1.54, 1.807) is 0 Å². The molecule has 1 saturated heterocycles. The van der Waals surface area contributed by atoms with Gasteiger partial charge in [-0.3, -0.25) is 0 Å². The van der Waals surface area contributed by atoms with Gasteiger partial charge < -0.3 is 4.90 Å². The van der Waals surface area contributed by atoms with Crippen LogP contribution < -0.4 is 0 Å². The molecule has 0 spiro atoms. The minimum Gasteiger partial charge on any atom is -0.306 e. The molecule has 2 fully saturated rings. The van der Waals surface area contributed by atoms with Crippen LogP contribution in [0.5, 0.6) is 0 Å². The first kappa shape index (κ1) is 5.72. The summed E-state index contributed by atoms with van der Waals surface area (Å²) in [7, 11) is 2.24. The van der Waals surface area contributed by atoms with Crippen molar-refractivity contribution in [3.05, 3.63) is 0 Å². The van der Waals surface area contributed by atoms with E-state index in [9.17, 15) is 0 Å². The summed E-state index contributed by atoms with van der Waals surface area (Å²) in [6.07, 6.45) is 1.42. The molecule has 1 aliphatic heterocycles. The van der Waals surface area contributed by atoms with Crippen molar-refractivity contribution in [1.82, 2.24) is 4.90 Å². The minimum absolute atomic E-state index is 1.10. The second kappa shape index (κ2) is 1.72. The molecule has 52 valence electrons. The molecule has 2 aliphatic rings. The second-order valence-corrected chi connectivity index (χ2v) is 3.62. The first-order valence-electron chi connectivity index (χ1n) is 4.01. The number of nitrogens with zero attached hydrogens (tertiary/aromatic N) is 1. The van der Waals surface area contributed by atoms with Crippen LogP contribution in [0.2, 0.25) is 0 Å².